The molecule has 1 N–H and O–H groups in total. The third kappa shape index (κ3) is 7.46. The van der Waals surface area contributed by atoms with Crippen LogP contribution in [-0.2, 0) is 24.0 Å². The first kappa shape index (κ1) is 26.4. The van der Waals surface area contributed by atoms with Crippen molar-refractivity contribution in [3.63, 3.8) is 0 Å². The molecule has 28 heavy (non-hydrogen) atoms. The molecule has 0 aromatic carbocycles. The zero-order chi connectivity index (χ0) is 22.2. The predicted molar refractivity (Wildman–Crippen MR) is 106 cm³/mol. The van der Waals surface area contributed by atoms with E-state index in [-0.39, 0.29) is 12.1 Å². The summed E-state index contributed by atoms with van der Waals surface area (Å²) in [5.41, 5.74) is -2.75. The van der Waals surface area contributed by atoms with E-state index in [2.05, 4.69) is 6.92 Å². The molecule has 0 bridgehead atoms. The van der Waals surface area contributed by atoms with E-state index in [1.807, 2.05) is 6.92 Å². The number of nitrogens with one attached hydrogen (secondary N) is 1. The van der Waals surface area contributed by atoms with E-state index < -0.39 is 37.7 Å². The summed E-state index contributed by atoms with van der Waals surface area (Å²) in [6.07, 6.45) is 5.17. The van der Waals surface area contributed by atoms with E-state index in [0.29, 0.717) is 12.8 Å². The van der Waals surface area contributed by atoms with Crippen molar-refractivity contribution < 1.29 is 26.5 Å². The molecular formula is C18H34N2O7S. The second-order valence-electron chi connectivity index (χ2n) is 7.55. The van der Waals surface area contributed by atoms with Crippen molar-refractivity contribution in [3.8, 4) is 0 Å². The summed E-state index contributed by atoms with van der Waals surface area (Å²) in [4.78, 5) is 23.6. The summed E-state index contributed by atoms with van der Waals surface area (Å²) in [6, 6.07) is 0. The first-order valence-corrected chi connectivity index (χ1v) is 11.0. The Morgan fingerprint density at radius 3 is 2.11 bits per heavy atom. The van der Waals surface area contributed by atoms with Gasteiger partial charge in [-0.15, -0.1) is 8.42 Å². The van der Waals surface area contributed by atoms with Gasteiger partial charge in [0.05, 0.1) is 0 Å². The molecule has 0 fully saturated rings. The Balaban J connectivity index is 5.61. The highest BCUT2D eigenvalue weighted by Gasteiger charge is 2.49. The van der Waals surface area contributed by atoms with Gasteiger partial charge in [0.15, 0.2) is 4.33 Å². The van der Waals surface area contributed by atoms with Gasteiger partial charge in [-0.05, 0) is 46.5 Å². The van der Waals surface area contributed by atoms with Gasteiger partial charge in [0, 0.05) is 5.71 Å². The number of esters is 1. The van der Waals surface area contributed by atoms with E-state index in [0.717, 1.165) is 25.7 Å². The summed E-state index contributed by atoms with van der Waals surface area (Å²) in [5, 5.41) is 18.7. The molecule has 3 atom stereocenters. The SMILES string of the molecule is CCCCCCC(C)(CC)OC(=O)C(C(C)=N)C(C)(CC)OS(=O)(=O)[N+](=O)[O-]. The molecule has 0 aromatic rings. The van der Waals surface area contributed by atoms with Crippen LogP contribution in [-0.4, -0.2) is 35.6 Å². The van der Waals surface area contributed by atoms with Gasteiger partial charge in [-0.3, -0.25) is 4.79 Å². The minimum Gasteiger partial charge on any atom is -0.459 e. The van der Waals surface area contributed by atoms with Gasteiger partial charge in [0.2, 0.25) is 0 Å². The van der Waals surface area contributed by atoms with Gasteiger partial charge < -0.3 is 10.1 Å². The maximum absolute atomic E-state index is 12.9. The van der Waals surface area contributed by atoms with Crippen LogP contribution in [0.25, 0.3) is 0 Å². The first-order chi connectivity index (χ1) is 12.8. The van der Waals surface area contributed by atoms with Crippen LogP contribution in [0.5, 0.6) is 0 Å². The zero-order valence-electron chi connectivity index (χ0n) is 17.7. The minimum absolute atomic E-state index is 0.0462. The summed E-state index contributed by atoms with van der Waals surface area (Å²) in [6.45, 7) is 9.90. The molecule has 3 unspecified atom stereocenters. The highest BCUT2D eigenvalue weighted by molar-refractivity contribution is 7.80. The van der Waals surface area contributed by atoms with Crippen molar-refractivity contribution in [2.45, 2.75) is 97.7 Å². The Kier molecular flexibility index (Phi) is 10.2. The minimum atomic E-state index is -5.13. The molecular weight excluding hydrogens is 388 g/mol. The fourth-order valence-corrected chi connectivity index (χ4v) is 3.75. The van der Waals surface area contributed by atoms with Crippen molar-refractivity contribution in [2.75, 3.05) is 0 Å². The Bertz CT molecular complexity index is 665. The third-order valence-electron chi connectivity index (χ3n) is 5.11. The van der Waals surface area contributed by atoms with Crippen molar-refractivity contribution in [1.82, 2.24) is 0 Å². The van der Waals surface area contributed by atoms with Gasteiger partial charge >= 0.3 is 16.3 Å². The number of carbonyl (C=O) groups excluding carboxylic acids is 1. The Hall–Kier alpha value is -1.55. The van der Waals surface area contributed by atoms with Crippen LogP contribution in [0.1, 0.15) is 86.5 Å². The molecule has 10 heteroatoms. The summed E-state index contributed by atoms with van der Waals surface area (Å²) in [7, 11) is -5.13. The van der Waals surface area contributed by atoms with E-state index >= 15 is 0 Å². The molecule has 0 aliphatic carbocycles. The number of nitrogens with zero attached hydrogens (tertiary/aromatic N) is 1. The lowest BCUT2D eigenvalue weighted by molar-refractivity contribution is -0.323. The predicted octanol–water partition coefficient (Wildman–Crippen LogP) is 4.03. The topological polar surface area (TPSA) is 137 Å². The largest absolute Gasteiger partial charge is 0.566 e. The van der Waals surface area contributed by atoms with Crippen LogP contribution in [0, 0.1) is 21.4 Å². The number of unbranched alkanes of at least 4 members (excludes halogenated alkanes) is 3. The van der Waals surface area contributed by atoms with Crippen molar-refractivity contribution >= 4 is 22.0 Å². The average molecular weight is 423 g/mol. The number of hydrogen-bond donors (Lipinski definition) is 1. The van der Waals surface area contributed by atoms with Crippen LogP contribution >= 0.6 is 0 Å². The second kappa shape index (κ2) is 10.8. The molecule has 0 aliphatic rings. The highest BCUT2D eigenvalue weighted by atomic mass is 32.2. The Labute approximate surface area is 168 Å². The van der Waals surface area contributed by atoms with Gasteiger partial charge in [-0.1, -0.05) is 40.0 Å². The van der Waals surface area contributed by atoms with E-state index in [9.17, 15) is 23.3 Å². The number of rotatable bonds is 14. The average Bonchev–Trinajstić information content (AvgIpc) is 2.57. The van der Waals surface area contributed by atoms with Gasteiger partial charge in [0.25, 0.3) is 0 Å². The number of nitro groups is 1. The van der Waals surface area contributed by atoms with Crippen LogP contribution in [0.4, 0.5) is 0 Å². The Morgan fingerprint density at radius 2 is 1.71 bits per heavy atom. The third-order valence-corrected chi connectivity index (χ3v) is 6.07. The lowest BCUT2D eigenvalue weighted by atomic mass is 9.83. The maximum atomic E-state index is 12.9. The smallest absolute Gasteiger partial charge is 0.459 e. The summed E-state index contributed by atoms with van der Waals surface area (Å²) in [5.74, 6) is -2.19. The van der Waals surface area contributed by atoms with Crippen LogP contribution in [0.2, 0.25) is 0 Å². The molecule has 0 spiro atoms. The number of ether oxygens (including phenoxy) is 1. The summed E-state index contributed by atoms with van der Waals surface area (Å²) >= 11 is 0. The lowest BCUT2D eigenvalue weighted by Crippen LogP contribution is -2.50. The Morgan fingerprint density at radius 1 is 1.14 bits per heavy atom. The molecule has 0 amide bonds. The molecule has 0 saturated carbocycles. The summed E-state index contributed by atoms with van der Waals surface area (Å²) < 4.78 is 32.2. The van der Waals surface area contributed by atoms with Crippen LogP contribution < -0.4 is 0 Å². The molecule has 0 rings (SSSR count). The molecule has 0 radical (unpaired) electrons. The zero-order valence-corrected chi connectivity index (χ0v) is 18.6. The fourth-order valence-electron chi connectivity index (χ4n) is 2.99. The number of carbonyl (C=O) groups is 1. The monoisotopic (exact) mass is 422 g/mol. The quantitative estimate of drug-likeness (QED) is 0.147. The lowest BCUT2D eigenvalue weighted by Gasteiger charge is -2.36. The molecule has 164 valence electrons. The fraction of sp³-hybridized carbons (Fsp3) is 0.889. The molecule has 0 heterocycles. The standard InChI is InChI=1S/C18H34N2O7S/c1-7-10-11-12-13-17(5,8-2)26-16(21)15(14(4)19)18(6,9-3)27-28(24,25)20(22)23/h15,19H,7-13H2,1-6H3. The van der Waals surface area contributed by atoms with Crippen molar-refractivity contribution in [2.24, 2.45) is 5.92 Å². The van der Waals surface area contributed by atoms with Crippen molar-refractivity contribution in [1.29, 1.82) is 5.41 Å². The van der Waals surface area contributed by atoms with Crippen LogP contribution in [0.3, 0.4) is 0 Å². The molecule has 0 saturated heterocycles. The second-order valence-corrected chi connectivity index (χ2v) is 8.87. The van der Waals surface area contributed by atoms with E-state index in [1.54, 1.807) is 6.92 Å². The van der Waals surface area contributed by atoms with Gasteiger partial charge in [-0.2, -0.15) is 0 Å². The van der Waals surface area contributed by atoms with Gasteiger partial charge in [0.1, 0.15) is 17.1 Å². The van der Waals surface area contributed by atoms with Crippen LogP contribution in [0.15, 0.2) is 0 Å². The number of hydrogen-bond acceptors (Lipinski definition) is 8. The normalized spacial score (nSPS) is 17.2. The molecule has 0 aliphatic heterocycles. The first-order valence-electron chi connectivity index (χ1n) is 9.66. The van der Waals surface area contributed by atoms with Crippen molar-refractivity contribution in [3.05, 3.63) is 10.1 Å². The molecule has 9 nitrogen and oxygen atoms in total. The van der Waals surface area contributed by atoms with Gasteiger partial charge in [-0.25, -0.2) is 14.3 Å². The van der Waals surface area contributed by atoms with E-state index in [1.165, 1.54) is 20.8 Å². The maximum Gasteiger partial charge on any atom is 0.566 e. The van der Waals surface area contributed by atoms with E-state index in [4.69, 9.17) is 14.3 Å². The highest BCUT2D eigenvalue weighted by Crippen LogP contribution is 2.33. The molecule has 0 aromatic heterocycles.